The van der Waals surface area contributed by atoms with Gasteiger partial charge in [0.1, 0.15) is 11.5 Å². The summed E-state index contributed by atoms with van der Waals surface area (Å²) in [6, 6.07) is 17.8. The van der Waals surface area contributed by atoms with Gasteiger partial charge in [-0.25, -0.2) is 19.4 Å². The Kier molecular flexibility index (Phi) is 6.36. The summed E-state index contributed by atoms with van der Waals surface area (Å²) in [5, 5.41) is 7.07. The number of hydrogen-bond donors (Lipinski definition) is 2. The summed E-state index contributed by atoms with van der Waals surface area (Å²) in [5.74, 6) is 0.578. The van der Waals surface area contributed by atoms with Crippen LogP contribution in [0.5, 0.6) is 0 Å². The number of furan rings is 1. The lowest BCUT2D eigenvalue weighted by Crippen LogP contribution is -2.15. The van der Waals surface area contributed by atoms with Crippen LogP contribution in [0.2, 0.25) is 0 Å². The van der Waals surface area contributed by atoms with Gasteiger partial charge >= 0.3 is 11.9 Å². The summed E-state index contributed by atoms with van der Waals surface area (Å²) in [6.45, 7) is 0.314. The van der Waals surface area contributed by atoms with Crippen molar-refractivity contribution in [2.24, 2.45) is 0 Å². The molecule has 2 aromatic heterocycles. The molecule has 168 valence electrons. The van der Waals surface area contributed by atoms with Gasteiger partial charge in [0.15, 0.2) is 5.82 Å². The monoisotopic (exact) mass is 464 g/mol. The van der Waals surface area contributed by atoms with Crippen LogP contribution in [0, 0.1) is 4.77 Å². The highest BCUT2D eigenvalue weighted by atomic mass is 32.1. The van der Waals surface area contributed by atoms with Gasteiger partial charge in [-0.05, 0) is 42.5 Å². The van der Waals surface area contributed by atoms with E-state index >= 15 is 0 Å². The number of rotatable bonds is 7. The molecule has 4 rings (SSSR count). The number of aromatic amines is 1. The molecule has 2 aromatic carbocycles. The Hall–Kier alpha value is -4.18. The molecule has 0 bridgehead atoms. The first-order chi connectivity index (χ1) is 16.0. The molecule has 0 radical (unpaired) electrons. The van der Waals surface area contributed by atoms with Crippen molar-refractivity contribution in [3.63, 3.8) is 0 Å². The second kappa shape index (κ2) is 9.53. The number of aromatic nitrogens is 3. The van der Waals surface area contributed by atoms with Crippen molar-refractivity contribution in [1.82, 2.24) is 14.9 Å². The van der Waals surface area contributed by atoms with Gasteiger partial charge < -0.3 is 19.3 Å². The maximum absolute atomic E-state index is 12.0. The lowest BCUT2D eigenvalue weighted by atomic mass is 10.0. The summed E-state index contributed by atoms with van der Waals surface area (Å²) in [7, 11) is 2.54. The topological polar surface area (TPSA) is 111 Å². The highest BCUT2D eigenvalue weighted by molar-refractivity contribution is 7.71. The summed E-state index contributed by atoms with van der Waals surface area (Å²) in [6.07, 6.45) is 0. The third-order valence-corrected chi connectivity index (χ3v) is 5.11. The molecule has 0 spiro atoms. The van der Waals surface area contributed by atoms with Crippen LogP contribution < -0.4 is 5.43 Å². The van der Waals surface area contributed by atoms with Crippen molar-refractivity contribution in [3.8, 4) is 22.7 Å². The number of nitrogens with zero attached hydrogens (tertiary/aromatic N) is 2. The van der Waals surface area contributed by atoms with Crippen molar-refractivity contribution >= 4 is 24.2 Å². The first-order valence-corrected chi connectivity index (χ1v) is 10.3. The SMILES string of the molecule is COC(=O)c1cc(C(=O)OC)cc(-c2ccc(CNn3c(-c4ccccc4)n[nH]c3=S)o2)c1. The number of hydrogen-bond acceptors (Lipinski definition) is 8. The second-order valence-corrected chi connectivity index (χ2v) is 7.32. The molecule has 33 heavy (non-hydrogen) atoms. The Morgan fingerprint density at radius 1 is 1.00 bits per heavy atom. The largest absolute Gasteiger partial charge is 0.465 e. The Morgan fingerprint density at radius 2 is 1.67 bits per heavy atom. The Labute approximate surface area is 193 Å². The first-order valence-electron chi connectivity index (χ1n) is 9.87. The van der Waals surface area contributed by atoms with Crippen LogP contribution >= 0.6 is 12.2 Å². The molecular formula is C23H20N4O5S. The van der Waals surface area contributed by atoms with Gasteiger partial charge in [-0.1, -0.05) is 30.3 Å². The third-order valence-electron chi connectivity index (χ3n) is 4.84. The van der Waals surface area contributed by atoms with Gasteiger partial charge in [0.2, 0.25) is 4.77 Å². The van der Waals surface area contributed by atoms with E-state index in [1.807, 2.05) is 30.3 Å². The molecule has 2 heterocycles. The number of nitrogens with one attached hydrogen (secondary N) is 2. The number of methoxy groups -OCH3 is 2. The molecule has 0 amide bonds. The summed E-state index contributed by atoms with van der Waals surface area (Å²) in [4.78, 5) is 24.1. The molecule has 10 heteroatoms. The van der Waals surface area contributed by atoms with Gasteiger partial charge in [-0.3, -0.25) is 0 Å². The number of carbonyl (C=O) groups excluding carboxylic acids is 2. The summed E-state index contributed by atoms with van der Waals surface area (Å²) in [5.41, 5.74) is 5.05. The van der Waals surface area contributed by atoms with E-state index < -0.39 is 11.9 Å². The third kappa shape index (κ3) is 4.70. The fourth-order valence-electron chi connectivity index (χ4n) is 3.25. The zero-order valence-electron chi connectivity index (χ0n) is 17.8. The summed E-state index contributed by atoms with van der Waals surface area (Å²) >= 11 is 5.33. The van der Waals surface area contributed by atoms with Crippen molar-refractivity contribution in [3.05, 3.63) is 82.3 Å². The van der Waals surface area contributed by atoms with Crippen molar-refractivity contribution in [1.29, 1.82) is 0 Å². The molecule has 0 atom stereocenters. The molecular weight excluding hydrogens is 444 g/mol. The van der Waals surface area contributed by atoms with Crippen molar-refractivity contribution in [2.45, 2.75) is 6.54 Å². The van der Waals surface area contributed by atoms with E-state index in [1.165, 1.54) is 20.3 Å². The molecule has 9 nitrogen and oxygen atoms in total. The second-order valence-electron chi connectivity index (χ2n) is 6.94. The lowest BCUT2D eigenvalue weighted by molar-refractivity contribution is 0.0599. The molecule has 0 aliphatic rings. The Morgan fingerprint density at radius 3 is 2.30 bits per heavy atom. The zero-order chi connectivity index (χ0) is 23.4. The molecule has 0 saturated heterocycles. The van der Waals surface area contributed by atoms with Crippen molar-refractivity contribution < 1.29 is 23.5 Å². The number of H-pyrrole nitrogens is 1. The van der Waals surface area contributed by atoms with Gasteiger partial charge in [0.25, 0.3) is 0 Å². The van der Waals surface area contributed by atoms with Gasteiger partial charge in [-0.15, -0.1) is 0 Å². The van der Waals surface area contributed by atoms with E-state index in [9.17, 15) is 9.59 Å². The molecule has 0 fully saturated rings. The van der Waals surface area contributed by atoms with E-state index in [0.29, 0.717) is 34.2 Å². The molecule has 0 saturated carbocycles. The summed E-state index contributed by atoms with van der Waals surface area (Å²) < 4.78 is 17.6. The van der Waals surface area contributed by atoms with Gasteiger partial charge in [-0.2, -0.15) is 5.10 Å². The predicted molar refractivity (Wildman–Crippen MR) is 123 cm³/mol. The van der Waals surface area contributed by atoms with Gasteiger partial charge in [0.05, 0.1) is 31.9 Å². The zero-order valence-corrected chi connectivity index (χ0v) is 18.6. The maximum Gasteiger partial charge on any atom is 0.337 e. The van der Waals surface area contributed by atoms with Crippen LogP contribution in [-0.2, 0) is 16.0 Å². The van der Waals surface area contributed by atoms with Crippen LogP contribution in [-0.4, -0.2) is 41.0 Å². The average molecular weight is 465 g/mol. The van der Waals surface area contributed by atoms with E-state index in [0.717, 1.165) is 5.56 Å². The smallest absolute Gasteiger partial charge is 0.337 e. The minimum Gasteiger partial charge on any atom is -0.465 e. The number of ether oxygens (including phenoxy) is 2. The van der Waals surface area contributed by atoms with Crippen LogP contribution in [0.25, 0.3) is 22.7 Å². The van der Waals surface area contributed by atoms with Crippen LogP contribution in [0.3, 0.4) is 0 Å². The lowest BCUT2D eigenvalue weighted by Gasteiger charge is -2.09. The van der Waals surface area contributed by atoms with Crippen LogP contribution in [0.1, 0.15) is 26.5 Å². The van der Waals surface area contributed by atoms with Crippen molar-refractivity contribution in [2.75, 3.05) is 19.6 Å². The first kappa shape index (κ1) is 22.0. The Bertz CT molecular complexity index is 1320. The van der Waals surface area contributed by atoms with Crippen LogP contribution in [0.4, 0.5) is 0 Å². The fourth-order valence-corrected chi connectivity index (χ4v) is 3.45. The van der Waals surface area contributed by atoms with Gasteiger partial charge in [0, 0.05) is 11.1 Å². The normalized spacial score (nSPS) is 10.6. The molecule has 0 aliphatic heterocycles. The van der Waals surface area contributed by atoms with E-state index in [4.69, 9.17) is 26.1 Å². The minimum atomic E-state index is -0.571. The quantitative estimate of drug-likeness (QED) is 0.309. The number of carbonyl (C=O) groups is 2. The molecule has 0 unspecified atom stereocenters. The highest BCUT2D eigenvalue weighted by Crippen LogP contribution is 2.26. The molecule has 4 aromatic rings. The number of esters is 2. The highest BCUT2D eigenvalue weighted by Gasteiger charge is 2.16. The average Bonchev–Trinajstić information content (AvgIpc) is 3.48. The standard InChI is InChI=1S/C23H20N4O5S/c1-30-21(28)16-10-15(11-17(12-16)22(29)31-2)19-9-8-18(32-19)13-24-27-20(25-26-23(27)33)14-6-4-3-5-7-14/h3-12,24H,13H2,1-2H3,(H,26,33). The minimum absolute atomic E-state index is 0.212. The maximum atomic E-state index is 12.0. The van der Waals surface area contributed by atoms with E-state index in [2.05, 4.69) is 15.6 Å². The van der Waals surface area contributed by atoms with E-state index in [-0.39, 0.29) is 11.1 Å². The molecule has 0 aliphatic carbocycles. The van der Waals surface area contributed by atoms with Crippen LogP contribution in [0.15, 0.2) is 65.1 Å². The number of benzene rings is 2. The molecule has 2 N–H and O–H groups in total. The Balaban J connectivity index is 1.59. The predicted octanol–water partition coefficient (Wildman–Crippen LogP) is 4.18. The van der Waals surface area contributed by atoms with E-state index in [1.54, 1.807) is 28.9 Å². The fraction of sp³-hybridized carbons (Fsp3) is 0.130.